The first-order chi connectivity index (χ1) is 17.2. The number of nitrogens with one attached hydrogen (secondary N) is 2. The molecule has 2 amide bonds. The molecule has 1 saturated carbocycles. The van der Waals surface area contributed by atoms with E-state index in [0.717, 1.165) is 50.8 Å². The molecule has 36 heavy (non-hydrogen) atoms. The van der Waals surface area contributed by atoms with Gasteiger partial charge in [-0.25, -0.2) is 4.98 Å². The van der Waals surface area contributed by atoms with Crippen LogP contribution in [0.3, 0.4) is 0 Å². The topological polar surface area (TPSA) is 83.6 Å². The lowest BCUT2D eigenvalue weighted by atomic mass is 9.92. The molecule has 1 aliphatic heterocycles. The summed E-state index contributed by atoms with van der Waals surface area (Å²) in [4.78, 5) is 32.2. The van der Waals surface area contributed by atoms with Crippen LogP contribution in [0.2, 0.25) is 10.0 Å². The average molecular weight is 534 g/mol. The second-order valence-corrected chi connectivity index (χ2v) is 11.0. The molecule has 1 aliphatic carbocycles. The quantitative estimate of drug-likeness (QED) is 0.452. The Labute approximate surface area is 222 Å². The minimum Gasteiger partial charge on any atom is -0.476 e. The Balaban J connectivity index is 1.37. The molecule has 0 radical (unpaired) electrons. The number of aromatic nitrogens is 1. The fourth-order valence-electron chi connectivity index (χ4n) is 4.54. The summed E-state index contributed by atoms with van der Waals surface area (Å²) in [6, 6.07) is 9.32. The summed E-state index contributed by atoms with van der Waals surface area (Å²) in [6.07, 6.45) is 7.53. The molecule has 7 nitrogen and oxygen atoms in total. The lowest BCUT2D eigenvalue weighted by molar-refractivity contribution is -0.135. The third kappa shape index (κ3) is 6.62. The van der Waals surface area contributed by atoms with Crippen molar-refractivity contribution in [1.82, 2.24) is 15.6 Å². The van der Waals surface area contributed by atoms with Gasteiger partial charge in [0.05, 0.1) is 16.9 Å². The smallest absolute Gasteiger partial charge is 0.270 e. The maximum Gasteiger partial charge on any atom is 0.270 e. The number of halogens is 2. The normalized spacial score (nSPS) is 20.1. The first-order valence-corrected chi connectivity index (χ1v) is 13.4. The zero-order valence-corrected chi connectivity index (χ0v) is 22.5. The van der Waals surface area contributed by atoms with E-state index < -0.39 is 5.60 Å². The van der Waals surface area contributed by atoms with Crippen LogP contribution in [0.4, 0.5) is 5.69 Å². The predicted octanol–water partition coefficient (Wildman–Crippen LogP) is 5.39. The van der Waals surface area contributed by atoms with Gasteiger partial charge >= 0.3 is 0 Å². The van der Waals surface area contributed by atoms with E-state index in [1.165, 1.54) is 0 Å². The molecule has 1 saturated heterocycles. The second kappa shape index (κ2) is 11.3. The van der Waals surface area contributed by atoms with Crippen molar-refractivity contribution in [2.45, 2.75) is 83.0 Å². The molecule has 0 spiro atoms. The molecule has 2 atom stereocenters. The summed E-state index contributed by atoms with van der Waals surface area (Å²) in [5.74, 6) is 0.122. The van der Waals surface area contributed by atoms with Crippen LogP contribution in [0, 0.1) is 0 Å². The maximum absolute atomic E-state index is 13.1. The Morgan fingerprint density at radius 3 is 2.53 bits per heavy atom. The van der Waals surface area contributed by atoms with Crippen molar-refractivity contribution in [1.29, 1.82) is 0 Å². The number of pyridine rings is 1. The highest BCUT2D eigenvalue weighted by molar-refractivity contribution is 6.35. The van der Waals surface area contributed by atoms with E-state index in [4.69, 9.17) is 27.9 Å². The number of benzene rings is 1. The summed E-state index contributed by atoms with van der Waals surface area (Å²) in [5, 5.41) is 7.04. The molecule has 2 heterocycles. The molecule has 2 aromatic rings. The highest BCUT2D eigenvalue weighted by Crippen LogP contribution is 2.31. The van der Waals surface area contributed by atoms with E-state index in [-0.39, 0.29) is 23.9 Å². The molecule has 194 valence electrons. The molecule has 1 aromatic carbocycles. The minimum atomic E-state index is -1.10. The van der Waals surface area contributed by atoms with Crippen molar-refractivity contribution in [2.24, 2.45) is 0 Å². The predicted molar refractivity (Wildman–Crippen MR) is 143 cm³/mol. The van der Waals surface area contributed by atoms with E-state index in [1.54, 1.807) is 44.3 Å². The molecule has 2 unspecified atom stereocenters. The highest BCUT2D eigenvalue weighted by atomic mass is 35.5. The van der Waals surface area contributed by atoms with Gasteiger partial charge in [0.25, 0.3) is 11.8 Å². The third-order valence-corrected chi connectivity index (χ3v) is 7.23. The molecule has 2 aliphatic rings. The number of anilines is 1. The maximum atomic E-state index is 13.1. The van der Waals surface area contributed by atoms with Gasteiger partial charge in [0, 0.05) is 29.7 Å². The Kier molecular flexibility index (Phi) is 8.30. The van der Waals surface area contributed by atoms with Crippen molar-refractivity contribution in [3.8, 4) is 5.75 Å². The molecule has 1 aromatic heterocycles. The van der Waals surface area contributed by atoms with Gasteiger partial charge in [-0.3, -0.25) is 9.59 Å². The van der Waals surface area contributed by atoms with Crippen LogP contribution in [-0.2, 0) is 4.79 Å². The fourth-order valence-corrected chi connectivity index (χ4v) is 4.99. The fraction of sp³-hybridized carbons (Fsp3) is 0.519. The zero-order chi connectivity index (χ0) is 25.9. The minimum absolute atomic E-state index is 0.0328. The number of carbonyl (C=O) groups is 2. The summed E-state index contributed by atoms with van der Waals surface area (Å²) in [7, 11) is 0. The number of ether oxygens (including phenoxy) is 1. The van der Waals surface area contributed by atoms with Crippen molar-refractivity contribution < 1.29 is 14.3 Å². The first-order valence-electron chi connectivity index (χ1n) is 12.6. The van der Waals surface area contributed by atoms with Crippen molar-refractivity contribution in [3.05, 3.63) is 52.3 Å². The second-order valence-electron chi connectivity index (χ2n) is 10.2. The van der Waals surface area contributed by atoms with Crippen LogP contribution in [0.1, 0.15) is 69.8 Å². The number of hydrogen-bond acceptors (Lipinski definition) is 5. The molecule has 2 fully saturated rings. The Morgan fingerprint density at radius 2 is 1.89 bits per heavy atom. The molecule has 4 rings (SSSR count). The van der Waals surface area contributed by atoms with Gasteiger partial charge < -0.3 is 20.3 Å². The highest BCUT2D eigenvalue weighted by Gasteiger charge is 2.35. The lowest BCUT2D eigenvalue weighted by Gasteiger charge is -2.42. The standard InChI is InChI=1S/C27H34Cl2N4O3/c1-4-5-20-15-19(32-26(35)27(2,3)36-24-11-6-17(28)14-22(24)29)12-13-33(20)21-9-10-23(30-16-21)25(34)31-18-7-8-18/h6,9-11,14,16,18-20H,4-5,7-8,12-13,15H2,1-3H3,(H,31,34)(H,32,35). The van der Waals surface area contributed by atoms with E-state index >= 15 is 0 Å². The SMILES string of the molecule is CCCC1CC(NC(=O)C(C)(C)Oc2ccc(Cl)cc2Cl)CCN1c1ccc(C(=O)NC2CC2)nc1. The number of nitrogens with zero attached hydrogens (tertiary/aromatic N) is 2. The van der Waals surface area contributed by atoms with Gasteiger partial charge in [-0.15, -0.1) is 0 Å². The number of rotatable bonds is 9. The first kappa shape index (κ1) is 26.6. The summed E-state index contributed by atoms with van der Waals surface area (Å²) < 4.78 is 5.96. The summed E-state index contributed by atoms with van der Waals surface area (Å²) in [6.45, 7) is 6.42. The monoisotopic (exact) mass is 532 g/mol. The zero-order valence-electron chi connectivity index (χ0n) is 21.0. The van der Waals surface area contributed by atoms with E-state index in [9.17, 15) is 9.59 Å². The molecular formula is C27H34Cl2N4O3. The van der Waals surface area contributed by atoms with Gasteiger partial charge in [0.15, 0.2) is 5.60 Å². The van der Waals surface area contributed by atoms with Crippen LogP contribution in [0.5, 0.6) is 5.75 Å². The summed E-state index contributed by atoms with van der Waals surface area (Å²) >= 11 is 12.2. The van der Waals surface area contributed by atoms with Crippen molar-refractivity contribution in [3.63, 3.8) is 0 Å². The third-order valence-electron chi connectivity index (χ3n) is 6.70. The van der Waals surface area contributed by atoms with Gasteiger partial charge in [-0.2, -0.15) is 0 Å². The van der Waals surface area contributed by atoms with E-state index in [0.29, 0.717) is 27.5 Å². The molecular weight excluding hydrogens is 499 g/mol. The largest absolute Gasteiger partial charge is 0.476 e. The van der Waals surface area contributed by atoms with Crippen LogP contribution in [-0.4, -0.2) is 47.1 Å². The molecule has 0 bridgehead atoms. The van der Waals surface area contributed by atoms with Crippen LogP contribution < -0.4 is 20.3 Å². The van der Waals surface area contributed by atoms with Gasteiger partial charge in [0.2, 0.25) is 0 Å². The lowest BCUT2D eigenvalue weighted by Crippen LogP contribution is -2.55. The van der Waals surface area contributed by atoms with Gasteiger partial charge in [-0.05, 0) is 76.3 Å². The molecule has 9 heteroatoms. The van der Waals surface area contributed by atoms with Crippen LogP contribution in [0.25, 0.3) is 0 Å². The summed E-state index contributed by atoms with van der Waals surface area (Å²) in [5.41, 5.74) is 0.348. The Hall–Kier alpha value is -2.51. The number of hydrogen-bond donors (Lipinski definition) is 2. The van der Waals surface area contributed by atoms with Gasteiger partial charge in [-0.1, -0.05) is 36.5 Å². The van der Waals surface area contributed by atoms with Crippen LogP contribution in [0.15, 0.2) is 36.5 Å². The number of piperidine rings is 1. The number of amides is 2. The Morgan fingerprint density at radius 1 is 1.11 bits per heavy atom. The van der Waals surface area contributed by atoms with Crippen LogP contribution >= 0.6 is 23.2 Å². The van der Waals surface area contributed by atoms with E-state index in [1.807, 2.05) is 6.07 Å². The van der Waals surface area contributed by atoms with Gasteiger partial charge in [0.1, 0.15) is 11.4 Å². The number of carbonyl (C=O) groups excluding carboxylic acids is 2. The van der Waals surface area contributed by atoms with Crippen molar-refractivity contribution >= 4 is 40.7 Å². The van der Waals surface area contributed by atoms with Crippen molar-refractivity contribution in [2.75, 3.05) is 11.4 Å². The average Bonchev–Trinajstić information content (AvgIpc) is 3.65. The Bertz CT molecular complexity index is 1090. The van der Waals surface area contributed by atoms with E-state index in [2.05, 4.69) is 27.4 Å². The molecule has 2 N–H and O–H groups in total.